The van der Waals surface area contributed by atoms with Gasteiger partial charge in [-0.15, -0.1) is 0 Å². The molecule has 1 aromatic rings. The van der Waals surface area contributed by atoms with E-state index in [1.165, 1.54) is 0 Å². The van der Waals surface area contributed by atoms with Crippen molar-refractivity contribution in [3.8, 4) is 12.1 Å². The summed E-state index contributed by atoms with van der Waals surface area (Å²) < 4.78 is 4.23. The number of rotatable bonds is 0. The van der Waals surface area contributed by atoms with Gasteiger partial charge in [0.05, 0.1) is 0 Å². The van der Waals surface area contributed by atoms with E-state index < -0.39 is 0 Å². The van der Waals surface area contributed by atoms with Crippen molar-refractivity contribution in [2.45, 2.75) is 0 Å². The van der Waals surface area contributed by atoms with Crippen molar-refractivity contribution in [1.82, 2.24) is 4.37 Å². The van der Waals surface area contributed by atoms with Crippen LogP contribution in [0.3, 0.4) is 0 Å². The zero-order valence-electron chi connectivity index (χ0n) is 4.63. The fourth-order valence-corrected chi connectivity index (χ4v) is 1.62. The fraction of sp³-hybridized carbons (Fsp3) is 0. The van der Waals surface area contributed by atoms with E-state index in [2.05, 4.69) is 20.3 Å². The minimum atomic E-state index is 0.326. The Morgan fingerprint density at radius 2 is 2.10 bits per heavy atom. The van der Waals surface area contributed by atoms with Crippen molar-refractivity contribution < 1.29 is 0 Å². The molecule has 0 aliphatic rings. The van der Waals surface area contributed by atoms with Crippen molar-refractivity contribution in [3.05, 3.63) is 15.0 Å². The Balaban J connectivity index is 3.34. The summed E-state index contributed by atoms with van der Waals surface area (Å²) in [5, 5.41) is 16.9. The van der Waals surface area contributed by atoms with Crippen LogP contribution < -0.4 is 0 Å². The molecule has 1 heterocycles. The second kappa shape index (κ2) is 2.78. The smallest absolute Gasteiger partial charge is 0.144 e. The van der Waals surface area contributed by atoms with Gasteiger partial charge in [0.1, 0.15) is 27.2 Å². The third-order valence-corrected chi connectivity index (χ3v) is 2.42. The molecule has 0 amide bonds. The molecular formula is C5BrN3S. The van der Waals surface area contributed by atoms with E-state index in [9.17, 15) is 0 Å². The van der Waals surface area contributed by atoms with Gasteiger partial charge in [-0.25, -0.2) is 0 Å². The molecule has 10 heavy (non-hydrogen) atoms. The Kier molecular flexibility index (Phi) is 2.00. The van der Waals surface area contributed by atoms with E-state index in [0.717, 1.165) is 11.5 Å². The molecule has 0 spiro atoms. The van der Waals surface area contributed by atoms with Crippen LogP contribution in [0.5, 0.6) is 0 Å². The van der Waals surface area contributed by atoms with Crippen molar-refractivity contribution in [3.63, 3.8) is 0 Å². The van der Waals surface area contributed by atoms with Crippen LogP contribution in [0.15, 0.2) is 4.60 Å². The van der Waals surface area contributed by atoms with Gasteiger partial charge in [0.2, 0.25) is 0 Å². The number of halogens is 1. The predicted octanol–water partition coefficient (Wildman–Crippen LogP) is 1.65. The lowest BCUT2D eigenvalue weighted by molar-refractivity contribution is 1.41. The Labute approximate surface area is 69.8 Å². The van der Waals surface area contributed by atoms with Crippen LogP contribution >= 0.6 is 27.5 Å². The monoisotopic (exact) mass is 213 g/mol. The lowest BCUT2D eigenvalue weighted by atomic mass is 10.3. The third-order valence-electron chi connectivity index (χ3n) is 0.864. The van der Waals surface area contributed by atoms with E-state index in [-0.39, 0.29) is 0 Å². The van der Waals surface area contributed by atoms with Gasteiger partial charge in [0.15, 0.2) is 0 Å². The number of aromatic nitrogens is 1. The van der Waals surface area contributed by atoms with Crippen LogP contribution in [0.4, 0.5) is 0 Å². The van der Waals surface area contributed by atoms with Crippen molar-refractivity contribution >= 4 is 27.5 Å². The van der Waals surface area contributed by atoms with E-state index in [0.29, 0.717) is 15.0 Å². The summed E-state index contributed by atoms with van der Waals surface area (Å²) in [6, 6.07) is 3.74. The molecule has 0 aliphatic heterocycles. The highest BCUT2D eigenvalue weighted by molar-refractivity contribution is 9.10. The van der Waals surface area contributed by atoms with Crippen molar-refractivity contribution in [2.24, 2.45) is 0 Å². The van der Waals surface area contributed by atoms with Crippen LogP contribution in [-0.4, -0.2) is 4.37 Å². The zero-order chi connectivity index (χ0) is 7.56. The van der Waals surface area contributed by atoms with Crippen molar-refractivity contribution in [2.75, 3.05) is 0 Å². The highest BCUT2D eigenvalue weighted by Crippen LogP contribution is 2.21. The highest BCUT2D eigenvalue weighted by atomic mass is 79.9. The van der Waals surface area contributed by atoms with E-state index in [4.69, 9.17) is 10.5 Å². The standard InChI is InChI=1S/C5BrN3S/c6-5-3(1-7)4(2-8)10-9-5. The molecule has 48 valence electrons. The molecule has 0 atom stereocenters. The maximum absolute atomic E-state index is 8.45. The van der Waals surface area contributed by atoms with E-state index in [1.54, 1.807) is 0 Å². The summed E-state index contributed by atoms with van der Waals surface area (Å²) in [6.07, 6.45) is 0. The Hall–Kier alpha value is -0.910. The van der Waals surface area contributed by atoms with Crippen molar-refractivity contribution in [1.29, 1.82) is 10.5 Å². The number of nitrogens with zero attached hydrogens (tertiary/aromatic N) is 3. The average Bonchev–Trinajstić information content (AvgIpc) is 2.30. The molecule has 5 heteroatoms. The summed E-state index contributed by atoms with van der Waals surface area (Å²) in [7, 11) is 0. The molecule has 0 bridgehead atoms. The summed E-state index contributed by atoms with van der Waals surface area (Å²) >= 11 is 4.06. The van der Waals surface area contributed by atoms with Gasteiger partial charge >= 0.3 is 0 Å². The van der Waals surface area contributed by atoms with E-state index in [1.807, 2.05) is 12.1 Å². The van der Waals surface area contributed by atoms with Gasteiger partial charge in [-0.05, 0) is 27.5 Å². The maximum Gasteiger partial charge on any atom is 0.144 e. The molecule has 0 radical (unpaired) electrons. The van der Waals surface area contributed by atoms with E-state index >= 15 is 0 Å². The zero-order valence-corrected chi connectivity index (χ0v) is 7.03. The lowest BCUT2D eigenvalue weighted by Gasteiger charge is -1.76. The number of nitriles is 2. The average molecular weight is 214 g/mol. The largest absolute Gasteiger partial charge is 0.192 e. The van der Waals surface area contributed by atoms with Gasteiger partial charge in [-0.1, -0.05) is 0 Å². The molecule has 0 fully saturated rings. The minimum Gasteiger partial charge on any atom is -0.192 e. The summed E-state index contributed by atoms with van der Waals surface area (Å²) in [5.41, 5.74) is 0.326. The Morgan fingerprint density at radius 1 is 1.40 bits per heavy atom. The predicted molar refractivity (Wildman–Crippen MR) is 39.2 cm³/mol. The first kappa shape index (κ1) is 7.20. The van der Waals surface area contributed by atoms with Gasteiger partial charge < -0.3 is 0 Å². The molecule has 0 aromatic carbocycles. The molecule has 3 nitrogen and oxygen atoms in total. The highest BCUT2D eigenvalue weighted by Gasteiger charge is 2.09. The van der Waals surface area contributed by atoms with Crippen LogP contribution in [0.25, 0.3) is 0 Å². The van der Waals surface area contributed by atoms with Gasteiger partial charge in [0, 0.05) is 0 Å². The normalized spacial score (nSPS) is 8.30. The molecule has 1 rings (SSSR count). The molecule has 0 aliphatic carbocycles. The first-order valence-corrected chi connectivity index (χ1v) is 3.81. The molecule has 0 N–H and O–H groups in total. The first-order valence-electron chi connectivity index (χ1n) is 2.25. The number of hydrogen-bond acceptors (Lipinski definition) is 4. The fourth-order valence-electron chi connectivity index (χ4n) is 0.444. The molecule has 0 saturated heterocycles. The second-order valence-electron chi connectivity index (χ2n) is 1.40. The van der Waals surface area contributed by atoms with Crippen LogP contribution in [0, 0.1) is 22.7 Å². The van der Waals surface area contributed by atoms with Gasteiger partial charge in [-0.2, -0.15) is 14.9 Å². The topological polar surface area (TPSA) is 60.5 Å². The van der Waals surface area contributed by atoms with Gasteiger partial charge in [-0.3, -0.25) is 0 Å². The molecule has 1 aromatic heterocycles. The maximum atomic E-state index is 8.45. The van der Waals surface area contributed by atoms with Gasteiger partial charge in [0.25, 0.3) is 0 Å². The van der Waals surface area contributed by atoms with Crippen LogP contribution in [-0.2, 0) is 0 Å². The first-order chi connectivity index (χ1) is 4.79. The Morgan fingerprint density at radius 3 is 2.50 bits per heavy atom. The third kappa shape index (κ3) is 1.02. The Bertz CT molecular complexity index is 330. The SMILES string of the molecule is N#Cc1snc(Br)c1C#N. The molecular weight excluding hydrogens is 214 g/mol. The summed E-state index contributed by atoms with van der Waals surface area (Å²) in [5.74, 6) is 0. The number of hydrogen-bond donors (Lipinski definition) is 0. The quantitative estimate of drug-likeness (QED) is 0.659. The summed E-state index contributed by atoms with van der Waals surface area (Å²) in [4.78, 5) is 0.356. The second-order valence-corrected chi connectivity index (χ2v) is 2.93. The molecule has 0 unspecified atom stereocenters. The van der Waals surface area contributed by atoms with Crippen LogP contribution in [0.2, 0.25) is 0 Å². The molecule has 0 saturated carbocycles. The minimum absolute atomic E-state index is 0.326. The lowest BCUT2D eigenvalue weighted by Crippen LogP contribution is -1.72. The van der Waals surface area contributed by atoms with Crippen LogP contribution in [0.1, 0.15) is 10.4 Å². The summed E-state index contributed by atoms with van der Waals surface area (Å²) in [6.45, 7) is 0.